The van der Waals surface area contributed by atoms with E-state index in [-0.39, 0.29) is 11.9 Å². The van der Waals surface area contributed by atoms with E-state index in [1.807, 2.05) is 25.1 Å². The molecule has 2 saturated heterocycles. The van der Waals surface area contributed by atoms with E-state index in [9.17, 15) is 4.79 Å². The number of thiophene rings is 1. The van der Waals surface area contributed by atoms with Crippen LogP contribution in [0.15, 0.2) is 23.6 Å². The van der Waals surface area contributed by atoms with Crippen molar-refractivity contribution in [2.24, 2.45) is 0 Å². The molecule has 0 saturated carbocycles. The Morgan fingerprint density at radius 3 is 3.05 bits per heavy atom. The van der Waals surface area contributed by atoms with Gasteiger partial charge >= 0.3 is 0 Å². The molecule has 2 N–H and O–H groups in total. The third-order valence-corrected chi connectivity index (χ3v) is 5.68. The molecule has 0 unspecified atom stereocenters. The molecule has 4 rings (SSSR count). The summed E-state index contributed by atoms with van der Waals surface area (Å²) in [6, 6.07) is 7.24. The van der Waals surface area contributed by atoms with E-state index in [4.69, 9.17) is 0 Å². The smallest absolute Gasteiger partial charge is 0.251 e. The number of benzene rings is 1. The summed E-state index contributed by atoms with van der Waals surface area (Å²) in [6.45, 7) is 1.84. The Hall–Kier alpha value is -1.83. The molecular weight excluding hydrogens is 292 g/mol. The van der Waals surface area contributed by atoms with E-state index in [0.29, 0.717) is 12.1 Å². The summed E-state index contributed by atoms with van der Waals surface area (Å²) in [5.41, 5.74) is 1.74. The van der Waals surface area contributed by atoms with Gasteiger partial charge in [0.2, 0.25) is 0 Å². The van der Waals surface area contributed by atoms with Crippen LogP contribution in [0.5, 0.6) is 0 Å². The molecule has 2 aliphatic rings. The van der Waals surface area contributed by atoms with Crippen LogP contribution in [-0.2, 0) is 0 Å². The lowest BCUT2D eigenvalue weighted by Crippen LogP contribution is -2.42. The quantitative estimate of drug-likeness (QED) is 0.838. The molecule has 0 aliphatic carbocycles. The molecule has 3 heterocycles. The number of nitrogens with one attached hydrogen (secondary N) is 2. The SMILES string of the molecule is CC#Cc1csc2ccc(C(=O)N[C@@H]3C[C@H]4CC[C@@H]3N4)cc12. The summed E-state index contributed by atoms with van der Waals surface area (Å²) >= 11 is 1.67. The molecule has 0 spiro atoms. The van der Waals surface area contributed by atoms with Crippen LogP contribution in [0, 0.1) is 11.8 Å². The first-order chi connectivity index (χ1) is 10.7. The molecule has 2 bridgehead atoms. The second kappa shape index (κ2) is 5.42. The van der Waals surface area contributed by atoms with E-state index >= 15 is 0 Å². The Morgan fingerprint density at radius 2 is 2.32 bits per heavy atom. The van der Waals surface area contributed by atoms with Gasteiger partial charge in [-0.1, -0.05) is 5.92 Å². The van der Waals surface area contributed by atoms with Crippen molar-refractivity contribution in [1.29, 1.82) is 0 Å². The van der Waals surface area contributed by atoms with Crippen LogP contribution in [0.25, 0.3) is 10.1 Å². The molecule has 1 aromatic heterocycles. The minimum atomic E-state index is 0.0304. The first kappa shape index (κ1) is 13.8. The summed E-state index contributed by atoms with van der Waals surface area (Å²) in [7, 11) is 0. The van der Waals surface area contributed by atoms with E-state index in [0.717, 1.165) is 22.9 Å². The lowest BCUT2D eigenvalue weighted by Gasteiger charge is -2.21. The monoisotopic (exact) mass is 310 g/mol. The summed E-state index contributed by atoms with van der Waals surface area (Å²) in [6.07, 6.45) is 3.48. The lowest BCUT2D eigenvalue weighted by atomic mass is 9.95. The average Bonchev–Trinajstić information content (AvgIpc) is 3.23. The van der Waals surface area contributed by atoms with Crippen molar-refractivity contribution in [1.82, 2.24) is 10.6 Å². The first-order valence-electron chi connectivity index (χ1n) is 7.75. The molecular formula is C18H18N2OS. The minimum absolute atomic E-state index is 0.0304. The van der Waals surface area contributed by atoms with Gasteiger partial charge in [0.05, 0.1) is 0 Å². The molecule has 3 atom stereocenters. The highest BCUT2D eigenvalue weighted by Crippen LogP contribution is 2.29. The fraction of sp³-hybridized carbons (Fsp3) is 0.389. The number of carbonyl (C=O) groups excluding carboxylic acids is 1. The Bertz CT molecular complexity index is 798. The van der Waals surface area contributed by atoms with Crippen LogP contribution < -0.4 is 10.6 Å². The number of amides is 1. The van der Waals surface area contributed by atoms with Crippen LogP contribution in [-0.4, -0.2) is 24.0 Å². The Labute approximate surface area is 134 Å². The van der Waals surface area contributed by atoms with Crippen LogP contribution in [0.3, 0.4) is 0 Å². The third kappa shape index (κ3) is 2.31. The Balaban J connectivity index is 1.58. The topological polar surface area (TPSA) is 41.1 Å². The molecule has 2 aromatic rings. The van der Waals surface area contributed by atoms with Crippen molar-refractivity contribution in [3.8, 4) is 11.8 Å². The number of fused-ring (bicyclic) bond motifs is 3. The van der Waals surface area contributed by atoms with Gasteiger partial charge in [-0.2, -0.15) is 0 Å². The highest BCUT2D eigenvalue weighted by atomic mass is 32.1. The van der Waals surface area contributed by atoms with E-state index < -0.39 is 0 Å². The third-order valence-electron chi connectivity index (χ3n) is 4.71. The van der Waals surface area contributed by atoms with E-state index in [1.54, 1.807) is 11.3 Å². The standard InChI is InChI=1S/C18H18N2OS/c1-2-3-12-10-22-17-7-4-11(8-14(12)17)18(21)20-16-9-13-5-6-15(16)19-13/h4,7-8,10,13,15-16,19H,5-6,9H2,1H3,(H,20,21)/t13-,15+,16-/m1/s1. The number of hydrogen-bond donors (Lipinski definition) is 2. The molecule has 22 heavy (non-hydrogen) atoms. The van der Waals surface area contributed by atoms with Gasteiger partial charge < -0.3 is 10.6 Å². The average molecular weight is 310 g/mol. The summed E-state index contributed by atoms with van der Waals surface area (Å²) in [5.74, 6) is 6.08. The molecule has 0 radical (unpaired) electrons. The van der Waals surface area contributed by atoms with Gasteiger partial charge in [0.1, 0.15) is 0 Å². The normalized spacial score (nSPS) is 26.0. The lowest BCUT2D eigenvalue weighted by molar-refractivity contribution is 0.0931. The number of carbonyl (C=O) groups is 1. The van der Waals surface area contributed by atoms with Gasteiger partial charge in [-0.3, -0.25) is 4.79 Å². The Morgan fingerprint density at radius 1 is 1.41 bits per heavy atom. The number of rotatable bonds is 2. The van der Waals surface area contributed by atoms with Crippen LogP contribution >= 0.6 is 11.3 Å². The van der Waals surface area contributed by atoms with Crippen molar-refractivity contribution in [2.75, 3.05) is 0 Å². The van der Waals surface area contributed by atoms with Crippen molar-refractivity contribution in [3.05, 3.63) is 34.7 Å². The molecule has 1 aromatic carbocycles. The number of hydrogen-bond acceptors (Lipinski definition) is 3. The summed E-state index contributed by atoms with van der Waals surface area (Å²) in [5, 5.41) is 9.90. The predicted octanol–water partition coefficient (Wildman–Crippen LogP) is 2.90. The fourth-order valence-corrected chi connectivity index (χ4v) is 4.51. The highest BCUT2D eigenvalue weighted by Gasteiger charge is 2.39. The Kier molecular flexibility index (Phi) is 3.40. The fourth-order valence-electron chi connectivity index (χ4n) is 3.64. The maximum Gasteiger partial charge on any atom is 0.251 e. The summed E-state index contributed by atoms with van der Waals surface area (Å²) in [4.78, 5) is 12.5. The maximum absolute atomic E-state index is 12.5. The zero-order valence-corrected chi connectivity index (χ0v) is 13.3. The highest BCUT2D eigenvalue weighted by molar-refractivity contribution is 7.17. The minimum Gasteiger partial charge on any atom is -0.348 e. The van der Waals surface area contributed by atoms with Gasteiger partial charge in [-0.15, -0.1) is 17.3 Å². The van der Waals surface area contributed by atoms with Gasteiger partial charge in [0.15, 0.2) is 0 Å². The van der Waals surface area contributed by atoms with Crippen LogP contribution in [0.2, 0.25) is 0 Å². The van der Waals surface area contributed by atoms with Gasteiger partial charge in [0, 0.05) is 44.7 Å². The van der Waals surface area contributed by atoms with Crippen molar-refractivity contribution >= 4 is 27.3 Å². The zero-order valence-electron chi connectivity index (χ0n) is 12.5. The zero-order chi connectivity index (χ0) is 15.1. The van der Waals surface area contributed by atoms with E-state index in [2.05, 4.69) is 27.9 Å². The predicted molar refractivity (Wildman–Crippen MR) is 90.2 cm³/mol. The van der Waals surface area contributed by atoms with Gasteiger partial charge in [-0.05, 0) is 44.4 Å². The van der Waals surface area contributed by atoms with Gasteiger partial charge in [-0.25, -0.2) is 0 Å². The van der Waals surface area contributed by atoms with Crippen LogP contribution in [0.1, 0.15) is 42.1 Å². The maximum atomic E-state index is 12.5. The summed E-state index contributed by atoms with van der Waals surface area (Å²) < 4.78 is 1.18. The molecule has 3 nitrogen and oxygen atoms in total. The second-order valence-electron chi connectivity index (χ2n) is 6.10. The van der Waals surface area contributed by atoms with Gasteiger partial charge in [0.25, 0.3) is 5.91 Å². The molecule has 4 heteroatoms. The van der Waals surface area contributed by atoms with Crippen LogP contribution in [0.4, 0.5) is 0 Å². The molecule has 1 amide bonds. The van der Waals surface area contributed by atoms with E-state index in [1.165, 1.54) is 17.5 Å². The van der Waals surface area contributed by atoms with Crippen molar-refractivity contribution in [3.63, 3.8) is 0 Å². The molecule has 2 aliphatic heterocycles. The largest absolute Gasteiger partial charge is 0.348 e. The van der Waals surface area contributed by atoms with Crippen molar-refractivity contribution in [2.45, 2.75) is 44.3 Å². The second-order valence-corrected chi connectivity index (χ2v) is 7.01. The first-order valence-corrected chi connectivity index (χ1v) is 8.63. The van der Waals surface area contributed by atoms with Crippen molar-refractivity contribution < 1.29 is 4.79 Å². The molecule has 112 valence electrons. The molecule has 2 fully saturated rings.